The molecule has 2 aromatic rings. The first-order chi connectivity index (χ1) is 11.2. The third-order valence-corrected chi connectivity index (χ3v) is 4.81. The number of nitrogens with zero attached hydrogens (tertiary/aromatic N) is 2. The standard InChI is InChI=1S/C16H19N3O3S/c20-9-11-7-13(23-10-11)5-6-15(21)17-8-14-18-16(22-19-14)12-3-1-2-4-12/h5-7,10,12,20H,1-4,8-9H2,(H,17,21)/b6-5+. The Bertz CT molecular complexity index is 686. The summed E-state index contributed by atoms with van der Waals surface area (Å²) >= 11 is 1.48. The van der Waals surface area contributed by atoms with E-state index in [-0.39, 0.29) is 19.1 Å². The summed E-state index contributed by atoms with van der Waals surface area (Å²) in [6, 6.07) is 1.85. The maximum Gasteiger partial charge on any atom is 0.244 e. The largest absolute Gasteiger partial charge is 0.392 e. The predicted molar refractivity (Wildman–Crippen MR) is 86.6 cm³/mol. The van der Waals surface area contributed by atoms with Crippen LogP contribution in [-0.4, -0.2) is 21.2 Å². The molecule has 1 aliphatic rings. The first-order valence-corrected chi connectivity index (χ1v) is 8.59. The highest BCUT2D eigenvalue weighted by atomic mass is 32.1. The van der Waals surface area contributed by atoms with Crippen molar-refractivity contribution in [3.05, 3.63) is 39.7 Å². The van der Waals surface area contributed by atoms with E-state index in [0.29, 0.717) is 17.6 Å². The van der Waals surface area contributed by atoms with Crippen molar-refractivity contribution in [3.8, 4) is 0 Å². The number of hydrogen-bond acceptors (Lipinski definition) is 6. The Morgan fingerprint density at radius 1 is 1.48 bits per heavy atom. The van der Waals surface area contributed by atoms with E-state index >= 15 is 0 Å². The molecule has 2 N–H and O–H groups in total. The summed E-state index contributed by atoms with van der Waals surface area (Å²) in [5.74, 6) is 1.37. The second kappa shape index (κ2) is 7.52. The predicted octanol–water partition coefficient (Wildman–Crippen LogP) is 2.61. The van der Waals surface area contributed by atoms with E-state index in [9.17, 15) is 4.79 Å². The monoisotopic (exact) mass is 333 g/mol. The van der Waals surface area contributed by atoms with E-state index in [1.807, 2.05) is 11.4 Å². The van der Waals surface area contributed by atoms with Gasteiger partial charge in [-0.15, -0.1) is 11.3 Å². The van der Waals surface area contributed by atoms with Crippen LogP contribution < -0.4 is 5.32 Å². The van der Waals surface area contributed by atoms with Crippen molar-refractivity contribution in [2.24, 2.45) is 0 Å². The molecule has 1 aliphatic carbocycles. The summed E-state index contributed by atoms with van der Waals surface area (Å²) in [6.07, 6.45) is 7.82. The lowest BCUT2D eigenvalue weighted by Crippen LogP contribution is -2.20. The van der Waals surface area contributed by atoms with Crippen molar-refractivity contribution >= 4 is 23.3 Å². The lowest BCUT2D eigenvalue weighted by atomic mass is 10.1. The zero-order chi connectivity index (χ0) is 16.1. The lowest BCUT2D eigenvalue weighted by molar-refractivity contribution is -0.116. The summed E-state index contributed by atoms with van der Waals surface area (Å²) in [7, 11) is 0. The topological polar surface area (TPSA) is 88.2 Å². The first-order valence-electron chi connectivity index (χ1n) is 7.71. The van der Waals surface area contributed by atoms with E-state index < -0.39 is 0 Å². The van der Waals surface area contributed by atoms with Gasteiger partial charge in [-0.25, -0.2) is 0 Å². The van der Waals surface area contributed by atoms with Gasteiger partial charge in [-0.2, -0.15) is 4.98 Å². The van der Waals surface area contributed by atoms with Gasteiger partial charge >= 0.3 is 0 Å². The van der Waals surface area contributed by atoms with Crippen molar-refractivity contribution in [3.63, 3.8) is 0 Å². The summed E-state index contributed by atoms with van der Waals surface area (Å²) in [6.45, 7) is 0.267. The smallest absolute Gasteiger partial charge is 0.244 e. The number of aliphatic hydroxyl groups is 1. The molecule has 0 atom stereocenters. The van der Waals surface area contributed by atoms with Crippen LogP contribution in [-0.2, 0) is 17.9 Å². The van der Waals surface area contributed by atoms with E-state index in [0.717, 1.165) is 23.3 Å². The number of aliphatic hydroxyl groups excluding tert-OH is 1. The van der Waals surface area contributed by atoms with Gasteiger partial charge in [-0.3, -0.25) is 4.79 Å². The summed E-state index contributed by atoms with van der Waals surface area (Å²) in [5, 5.41) is 17.5. The number of aromatic nitrogens is 2. The molecule has 0 radical (unpaired) electrons. The Labute approximate surface area is 138 Å². The minimum absolute atomic E-state index is 0.0116. The van der Waals surface area contributed by atoms with Gasteiger partial charge in [0.25, 0.3) is 0 Å². The Balaban J connectivity index is 1.48. The van der Waals surface area contributed by atoms with Gasteiger partial charge < -0.3 is 14.9 Å². The van der Waals surface area contributed by atoms with Crippen LogP contribution in [0.2, 0.25) is 0 Å². The van der Waals surface area contributed by atoms with Gasteiger partial charge in [0.2, 0.25) is 11.8 Å². The lowest BCUT2D eigenvalue weighted by Gasteiger charge is -1.99. The maximum absolute atomic E-state index is 11.8. The zero-order valence-electron chi connectivity index (χ0n) is 12.7. The average Bonchev–Trinajstić information content (AvgIpc) is 3.31. The van der Waals surface area contributed by atoms with Crippen LogP contribution in [0.15, 0.2) is 22.0 Å². The molecule has 0 aromatic carbocycles. The molecule has 7 heteroatoms. The van der Waals surface area contributed by atoms with Crippen molar-refractivity contribution < 1.29 is 14.4 Å². The number of carbonyl (C=O) groups excluding carboxylic acids is 1. The highest BCUT2D eigenvalue weighted by molar-refractivity contribution is 7.11. The summed E-state index contributed by atoms with van der Waals surface area (Å²) in [5.41, 5.74) is 0.848. The molecule has 0 saturated heterocycles. The van der Waals surface area contributed by atoms with Crippen LogP contribution in [0.4, 0.5) is 0 Å². The fourth-order valence-electron chi connectivity index (χ4n) is 2.63. The number of thiophene rings is 1. The number of amides is 1. The summed E-state index contributed by atoms with van der Waals surface area (Å²) in [4.78, 5) is 17.1. The Morgan fingerprint density at radius 2 is 2.30 bits per heavy atom. The minimum Gasteiger partial charge on any atom is -0.392 e. The SMILES string of the molecule is O=C(/C=C/c1cc(CO)cs1)NCc1noc(C2CCCC2)n1. The van der Waals surface area contributed by atoms with E-state index in [1.54, 1.807) is 6.08 Å². The highest BCUT2D eigenvalue weighted by Crippen LogP contribution is 2.32. The molecule has 1 saturated carbocycles. The van der Waals surface area contributed by atoms with E-state index in [2.05, 4.69) is 15.5 Å². The van der Waals surface area contributed by atoms with Crippen LogP contribution >= 0.6 is 11.3 Å². The quantitative estimate of drug-likeness (QED) is 0.793. The van der Waals surface area contributed by atoms with Crippen molar-refractivity contribution in [1.29, 1.82) is 0 Å². The Kier molecular flexibility index (Phi) is 5.19. The van der Waals surface area contributed by atoms with E-state index in [4.69, 9.17) is 9.63 Å². The van der Waals surface area contributed by atoms with Crippen molar-refractivity contribution in [2.45, 2.75) is 44.8 Å². The normalized spacial score (nSPS) is 15.5. The molecular formula is C16H19N3O3S. The Hall–Kier alpha value is -1.99. The molecule has 122 valence electrons. The van der Waals surface area contributed by atoms with E-state index in [1.165, 1.54) is 30.3 Å². The molecule has 2 heterocycles. The second-order valence-electron chi connectivity index (χ2n) is 5.60. The Morgan fingerprint density at radius 3 is 3.04 bits per heavy atom. The molecule has 1 amide bonds. The zero-order valence-corrected chi connectivity index (χ0v) is 13.5. The van der Waals surface area contributed by atoms with Gasteiger partial charge in [-0.05, 0) is 35.9 Å². The van der Waals surface area contributed by atoms with Crippen molar-refractivity contribution in [2.75, 3.05) is 0 Å². The number of carbonyl (C=O) groups is 1. The molecule has 6 nitrogen and oxygen atoms in total. The number of rotatable bonds is 6. The molecule has 1 fully saturated rings. The summed E-state index contributed by atoms with van der Waals surface area (Å²) < 4.78 is 5.27. The molecule has 0 spiro atoms. The third-order valence-electron chi connectivity index (χ3n) is 3.86. The number of hydrogen-bond donors (Lipinski definition) is 2. The molecule has 0 unspecified atom stereocenters. The molecule has 0 bridgehead atoms. The molecule has 23 heavy (non-hydrogen) atoms. The maximum atomic E-state index is 11.8. The molecule has 3 rings (SSSR count). The minimum atomic E-state index is -0.212. The van der Waals surface area contributed by atoms with Gasteiger partial charge in [0, 0.05) is 16.9 Å². The fourth-order valence-corrected chi connectivity index (χ4v) is 3.42. The molecule has 0 aliphatic heterocycles. The molecule has 2 aromatic heterocycles. The van der Waals surface area contributed by atoms with Crippen molar-refractivity contribution in [1.82, 2.24) is 15.5 Å². The van der Waals surface area contributed by atoms with Crippen LogP contribution in [0.25, 0.3) is 6.08 Å². The first kappa shape index (κ1) is 15.9. The van der Waals surface area contributed by atoms with Gasteiger partial charge in [0.15, 0.2) is 5.82 Å². The second-order valence-corrected chi connectivity index (χ2v) is 6.54. The van der Waals surface area contributed by atoms with Gasteiger partial charge in [-0.1, -0.05) is 18.0 Å². The van der Waals surface area contributed by atoms with Crippen LogP contribution in [0.3, 0.4) is 0 Å². The van der Waals surface area contributed by atoms with Gasteiger partial charge in [0.1, 0.15) is 0 Å². The fraction of sp³-hybridized carbons (Fsp3) is 0.438. The van der Waals surface area contributed by atoms with Crippen LogP contribution in [0.5, 0.6) is 0 Å². The van der Waals surface area contributed by atoms with Gasteiger partial charge in [0.05, 0.1) is 13.2 Å². The number of nitrogens with one attached hydrogen (secondary N) is 1. The van der Waals surface area contributed by atoms with Crippen LogP contribution in [0, 0.1) is 0 Å². The third kappa shape index (κ3) is 4.27. The van der Waals surface area contributed by atoms with Crippen LogP contribution in [0.1, 0.15) is 53.8 Å². The average molecular weight is 333 g/mol. The highest BCUT2D eigenvalue weighted by Gasteiger charge is 2.22. The molecular weight excluding hydrogens is 314 g/mol.